The molecule has 70 heavy (non-hydrogen) atoms. The summed E-state index contributed by atoms with van der Waals surface area (Å²) >= 11 is 0. The molecule has 2 radical (unpaired) electrons. The third kappa shape index (κ3) is 4.70. The number of benzene rings is 6. The van der Waals surface area contributed by atoms with E-state index in [1.54, 1.807) is 0 Å². The van der Waals surface area contributed by atoms with Gasteiger partial charge in [-0.25, -0.2) is 4.79 Å². The summed E-state index contributed by atoms with van der Waals surface area (Å²) in [5, 5.41) is 24.7. The summed E-state index contributed by atoms with van der Waals surface area (Å²) in [4.78, 5) is 39.7. The molecule has 2 amide bonds. The van der Waals surface area contributed by atoms with Crippen LogP contribution in [-0.4, -0.2) is 102 Å². The third-order valence-electron chi connectivity index (χ3n) is 16.8. The molecule has 6 atom stereocenters. The van der Waals surface area contributed by atoms with Crippen LogP contribution in [0, 0.1) is 0 Å². The van der Waals surface area contributed by atoms with Crippen molar-refractivity contribution in [3.8, 4) is 0 Å². The molecule has 16 rings (SSSR count). The topological polar surface area (TPSA) is 195 Å². The quantitative estimate of drug-likeness (QED) is 0.106. The van der Waals surface area contributed by atoms with Gasteiger partial charge in [-0.05, 0) is 49.2 Å². The fraction of sp³-hybridized carbons (Fsp3) is 0.264. The first-order valence-corrected chi connectivity index (χ1v) is 23.1. The van der Waals surface area contributed by atoms with E-state index < -0.39 is 34.7 Å². The van der Waals surface area contributed by atoms with Crippen LogP contribution in [0.2, 0.25) is 0 Å². The number of ether oxygens (including phenoxy) is 3. The second-order valence-electron chi connectivity index (χ2n) is 19.7. The van der Waals surface area contributed by atoms with Gasteiger partial charge >= 0.3 is 5.97 Å². The van der Waals surface area contributed by atoms with E-state index in [1.165, 1.54) is 7.11 Å². The number of carbonyl (C=O) groups excluding carboxylic acids is 3. The number of hydrogen-bond acceptors (Lipinski definition) is 9. The molecule has 0 aliphatic carbocycles. The fourth-order valence-corrected chi connectivity index (χ4v) is 13.7. The number of hydrogen-bond donors (Lipinski definition) is 5. The van der Waals surface area contributed by atoms with Gasteiger partial charge in [0.15, 0.2) is 17.0 Å². The van der Waals surface area contributed by atoms with Crippen LogP contribution in [0.25, 0.3) is 87.2 Å². The predicted octanol–water partition coefficient (Wildman–Crippen LogP) is 5.77. The fourth-order valence-electron chi connectivity index (χ4n) is 13.7. The van der Waals surface area contributed by atoms with Crippen molar-refractivity contribution in [2.24, 2.45) is 11.5 Å². The molecule has 7 N–H and O–H groups in total. The molecular weight excluding hydrogens is 895 g/mol. The number of nitrogens with one attached hydrogen (secondary N) is 2. The van der Waals surface area contributed by atoms with Crippen LogP contribution in [0.1, 0.15) is 71.0 Å². The molecule has 4 aromatic heterocycles. The summed E-state index contributed by atoms with van der Waals surface area (Å²) < 4.78 is 27.5. The molecule has 0 saturated carbocycles. The first-order valence-electron chi connectivity index (χ1n) is 23.1. The average molecular weight is 941 g/mol. The Kier molecular flexibility index (Phi) is 8.80. The summed E-state index contributed by atoms with van der Waals surface area (Å²) in [6, 6.07) is 32.5. The molecule has 15 nitrogen and oxygen atoms in total. The maximum absolute atomic E-state index is 13.3. The predicted molar refractivity (Wildman–Crippen MR) is 271 cm³/mol. The number of amides is 2. The number of para-hydroxylation sites is 4. The molecule has 17 heteroatoms. The second kappa shape index (κ2) is 14.0. The van der Waals surface area contributed by atoms with Gasteiger partial charge in [-0.1, -0.05) is 72.8 Å². The van der Waals surface area contributed by atoms with Crippen molar-refractivity contribution >= 4 is 141 Å². The zero-order valence-electron chi connectivity index (χ0n) is 39.3. The van der Waals surface area contributed by atoms with E-state index >= 15 is 0 Å². The van der Waals surface area contributed by atoms with Crippen molar-refractivity contribution in [2.75, 3.05) is 13.7 Å². The standard InChI is InChI=1S/C27H22N4O4.C26H22N4O3.Al.Li.2H/c1-26-27(28,25(33)34-2)11-18(35-26)30-16-9-5-3-7-13(16)20-21-15(12-29-24(21)32)19-14-8-4-6-10-17(14)31(26)23(19)22(20)30;1-25-26(27,12-31)10-18(33-25)29-16-8-4-2-6-13(16)20-21-15(11-28-24(21)32)19-14-7-3-5-9-17(14)30(25)23(19)22(20)29;;;;/h3-10,18H,11-12,28H2,1-2H3,(H,29,32);2-9,18,31H,10-12,27H2,1H3,(H,28,32);;;;/t18?,26?,27-;18?,25?,26-;;;;/m00..../s1. The van der Waals surface area contributed by atoms with Gasteiger partial charge in [0, 0.05) is 87.9 Å². The van der Waals surface area contributed by atoms with Crippen LogP contribution in [0.5, 0.6) is 0 Å². The van der Waals surface area contributed by atoms with Crippen LogP contribution in [0.15, 0.2) is 97.1 Å². The minimum Gasteiger partial charge on any atom is -0.468 e. The molecular formula is C53H46AlLiN8O7. The van der Waals surface area contributed by atoms with E-state index in [9.17, 15) is 19.5 Å². The summed E-state index contributed by atoms with van der Waals surface area (Å²) in [7, 11) is 1.36. The van der Waals surface area contributed by atoms with Crippen LogP contribution in [0.3, 0.4) is 0 Å². The van der Waals surface area contributed by atoms with Crippen molar-refractivity contribution < 1.29 is 33.7 Å². The maximum atomic E-state index is 13.3. The largest absolute Gasteiger partial charge is 0.468 e. The minimum absolute atomic E-state index is 0. The Balaban J connectivity index is 0.000000134. The Hall–Kier alpha value is -6.14. The van der Waals surface area contributed by atoms with Crippen LogP contribution in [-0.2, 0) is 43.5 Å². The zero-order valence-corrected chi connectivity index (χ0v) is 41.3. The number of rotatable bonds is 2. The van der Waals surface area contributed by atoms with E-state index in [2.05, 4.69) is 59.2 Å². The Morgan fingerprint density at radius 3 is 1.50 bits per heavy atom. The molecule has 6 aromatic carbocycles. The molecule has 2 fully saturated rings. The molecule has 4 unspecified atom stereocenters. The van der Waals surface area contributed by atoms with E-state index in [-0.39, 0.29) is 67.3 Å². The van der Waals surface area contributed by atoms with Crippen molar-refractivity contribution in [1.29, 1.82) is 0 Å². The zero-order chi connectivity index (χ0) is 46.1. The molecule has 4 bridgehead atoms. The number of aliphatic hydroxyl groups excluding tert-OH is 1. The summed E-state index contributed by atoms with van der Waals surface area (Å²) in [5.41, 5.74) is 20.5. The molecule has 6 aliphatic heterocycles. The maximum Gasteiger partial charge on any atom is 0.331 e. The number of carbonyl (C=O) groups is 3. The smallest absolute Gasteiger partial charge is 0.331 e. The van der Waals surface area contributed by atoms with Crippen molar-refractivity contribution in [2.45, 2.75) is 74.8 Å². The third-order valence-corrected chi connectivity index (χ3v) is 16.8. The molecule has 6 aliphatic rings. The van der Waals surface area contributed by atoms with Crippen molar-refractivity contribution in [3.05, 3.63) is 119 Å². The first-order chi connectivity index (χ1) is 32.9. The average Bonchev–Trinajstić information content (AvgIpc) is 4.22. The number of fused-ring (bicyclic) bond motifs is 26. The van der Waals surface area contributed by atoms with E-state index in [4.69, 9.17) is 25.7 Å². The second-order valence-corrected chi connectivity index (χ2v) is 19.7. The molecule has 10 heterocycles. The molecule has 0 spiro atoms. The van der Waals surface area contributed by atoms with Gasteiger partial charge in [0.1, 0.15) is 29.8 Å². The molecule has 10 aromatic rings. The van der Waals surface area contributed by atoms with Gasteiger partial charge in [-0.2, -0.15) is 0 Å². The molecule has 344 valence electrons. The Morgan fingerprint density at radius 1 is 0.643 bits per heavy atom. The number of nitrogens with two attached hydrogens (primary N) is 2. The van der Waals surface area contributed by atoms with E-state index in [1.807, 2.05) is 80.6 Å². The van der Waals surface area contributed by atoms with E-state index in [0.29, 0.717) is 19.5 Å². The van der Waals surface area contributed by atoms with Gasteiger partial charge in [0.25, 0.3) is 11.8 Å². The summed E-state index contributed by atoms with van der Waals surface area (Å²) in [5.74, 6) is -0.606. The van der Waals surface area contributed by atoms with Crippen molar-refractivity contribution in [1.82, 2.24) is 28.9 Å². The summed E-state index contributed by atoms with van der Waals surface area (Å²) in [6.45, 7) is 4.61. The number of esters is 1. The monoisotopic (exact) mass is 940 g/mol. The van der Waals surface area contributed by atoms with Gasteiger partial charge < -0.3 is 59.7 Å². The van der Waals surface area contributed by atoms with Crippen molar-refractivity contribution in [3.63, 3.8) is 0 Å². The number of aliphatic hydroxyl groups is 1. The van der Waals surface area contributed by atoms with Crippen LogP contribution < -0.4 is 22.1 Å². The number of aromatic nitrogens is 4. The van der Waals surface area contributed by atoms with Gasteiger partial charge in [0.05, 0.1) is 74.5 Å². The molecule has 2 saturated heterocycles. The van der Waals surface area contributed by atoms with Crippen LogP contribution >= 0.6 is 0 Å². The Bertz CT molecular complexity index is 4100. The van der Waals surface area contributed by atoms with Gasteiger partial charge in [-0.3, -0.25) is 9.59 Å². The van der Waals surface area contributed by atoms with Crippen LogP contribution in [0.4, 0.5) is 0 Å². The Labute approximate surface area is 420 Å². The summed E-state index contributed by atoms with van der Waals surface area (Å²) in [6.07, 6.45) is -0.180. The normalized spacial score (nSPS) is 26.5. The Morgan fingerprint density at radius 2 is 1.04 bits per heavy atom. The first kappa shape index (κ1) is 43.8. The van der Waals surface area contributed by atoms with Gasteiger partial charge in [0.2, 0.25) is 0 Å². The minimum atomic E-state index is -1.43. The van der Waals surface area contributed by atoms with Gasteiger partial charge in [-0.15, -0.1) is 0 Å². The number of methoxy groups -OCH3 is 1. The number of nitrogens with zero attached hydrogens (tertiary/aromatic N) is 4. The SMILES string of the molecule is CC12OC(C[C@]1(N)CO)n1c3ccccc3c3c4c(c5c6ccccc6n2c5c31)CNC4=O.COC(=O)[C@@]1(N)CC2OC1(C)n1c3ccccc3c3c4c(c5c6ccccc6n2c5c31)C(=O)NC4.[AlH2].[Li]. The van der Waals surface area contributed by atoms with E-state index in [0.717, 1.165) is 109 Å².